The van der Waals surface area contributed by atoms with Crippen LogP contribution in [0.4, 0.5) is 0 Å². The van der Waals surface area contributed by atoms with Crippen molar-refractivity contribution in [3.05, 3.63) is 69.6 Å². The first-order valence-electron chi connectivity index (χ1n) is 5.67. The minimum Gasteiger partial charge on any atom is -0.383 e. The zero-order valence-corrected chi connectivity index (χ0v) is 14.0. The van der Waals surface area contributed by atoms with Crippen molar-refractivity contribution in [3.8, 4) is 0 Å². The van der Waals surface area contributed by atoms with Gasteiger partial charge in [0.05, 0.1) is 0 Å². The fourth-order valence-corrected chi connectivity index (χ4v) is 3.01. The van der Waals surface area contributed by atoms with Crippen LogP contribution < -0.4 is 0 Å². The van der Waals surface area contributed by atoms with Gasteiger partial charge in [-0.2, -0.15) is 0 Å². The van der Waals surface area contributed by atoms with Gasteiger partial charge in [0.1, 0.15) is 6.10 Å². The average Bonchev–Trinajstić information content (AvgIpc) is 2.47. The summed E-state index contributed by atoms with van der Waals surface area (Å²) in [7, 11) is 0. The molecule has 0 aliphatic carbocycles. The summed E-state index contributed by atoms with van der Waals surface area (Å²) in [6.45, 7) is 0. The maximum Gasteiger partial charge on any atom is 0.111 e. The van der Waals surface area contributed by atoms with Gasteiger partial charge in [0, 0.05) is 14.3 Å². The van der Waals surface area contributed by atoms with E-state index in [0.29, 0.717) is 4.48 Å². The normalized spacial score (nSPS) is 13.3. The molecule has 0 fully saturated rings. The molecule has 0 bridgehead atoms. The monoisotopic (exact) mass is 398 g/mol. The minimum atomic E-state index is -0.643. The lowest BCUT2D eigenvalue weighted by atomic mass is 10.1. The van der Waals surface area contributed by atoms with Gasteiger partial charge in [0.25, 0.3) is 0 Å². The van der Waals surface area contributed by atoms with Crippen LogP contribution in [0, 0.1) is 0 Å². The van der Waals surface area contributed by atoms with Crippen molar-refractivity contribution in [1.82, 2.24) is 0 Å². The maximum atomic E-state index is 10.1. The maximum absolute atomic E-state index is 10.1. The van der Waals surface area contributed by atoms with Crippen molar-refractivity contribution in [2.45, 2.75) is 15.9 Å². The molecule has 1 atom stereocenters. The number of halogens is 2. The Hall–Kier alpha value is -0.550. The van der Waals surface area contributed by atoms with E-state index in [0.717, 1.165) is 10.5 Å². The molecule has 0 aliphatic heterocycles. The molecule has 0 saturated heterocycles. The van der Waals surface area contributed by atoms with E-state index in [1.807, 2.05) is 42.5 Å². The Morgan fingerprint density at radius 1 is 1.05 bits per heavy atom. The van der Waals surface area contributed by atoms with Crippen molar-refractivity contribution < 1.29 is 5.11 Å². The van der Waals surface area contributed by atoms with Gasteiger partial charge in [-0.25, -0.2) is 0 Å². The Morgan fingerprint density at radius 2 is 1.74 bits per heavy atom. The highest BCUT2D eigenvalue weighted by molar-refractivity contribution is 9.14. The van der Waals surface area contributed by atoms with Crippen molar-refractivity contribution in [2.24, 2.45) is 0 Å². The molecule has 4 heteroatoms. The standard InChI is InChI=1S/C15H12Br2OS/c16-10-14(17)15(18)11-5-4-8-13(9-11)19-12-6-2-1-3-7-12/h1-10,15,18H/b14-10-. The van der Waals surface area contributed by atoms with Gasteiger partial charge in [-0.3, -0.25) is 0 Å². The Morgan fingerprint density at radius 3 is 2.42 bits per heavy atom. The van der Waals surface area contributed by atoms with Crippen molar-refractivity contribution in [3.63, 3.8) is 0 Å². The topological polar surface area (TPSA) is 20.2 Å². The summed E-state index contributed by atoms with van der Waals surface area (Å²) < 4.78 is 0.703. The third kappa shape index (κ3) is 4.21. The first-order valence-corrected chi connectivity index (χ1v) is 8.20. The van der Waals surface area contributed by atoms with Crippen LogP contribution in [0.25, 0.3) is 0 Å². The van der Waals surface area contributed by atoms with Crippen LogP contribution in [0.3, 0.4) is 0 Å². The molecular weight excluding hydrogens is 388 g/mol. The lowest BCUT2D eigenvalue weighted by molar-refractivity contribution is 0.225. The third-order valence-electron chi connectivity index (χ3n) is 2.52. The van der Waals surface area contributed by atoms with Crippen molar-refractivity contribution in [2.75, 3.05) is 0 Å². The van der Waals surface area contributed by atoms with Gasteiger partial charge in [-0.1, -0.05) is 74.0 Å². The first kappa shape index (κ1) is 14.9. The fraction of sp³-hybridized carbons (Fsp3) is 0.0667. The van der Waals surface area contributed by atoms with Crippen molar-refractivity contribution in [1.29, 1.82) is 0 Å². The Kier molecular flexibility index (Phi) is 5.70. The van der Waals surface area contributed by atoms with Crippen LogP contribution in [-0.4, -0.2) is 5.11 Å². The SMILES string of the molecule is OC(/C(Br)=C/Br)c1cccc(Sc2ccccc2)c1. The summed E-state index contributed by atoms with van der Waals surface area (Å²) in [4.78, 5) is 3.97. The highest BCUT2D eigenvalue weighted by atomic mass is 79.9. The molecule has 0 heterocycles. The number of benzene rings is 2. The number of rotatable bonds is 4. The first-order chi connectivity index (χ1) is 9.20. The van der Waals surface area contributed by atoms with Crippen LogP contribution in [0.1, 0.15) is 11.7 Å². The number of hydrogen-bond acceptors (Lipinski definition) is 2. The molecule has 2 rings (SSSR count). The van der Waals surface area contributed by atoms with E-state index in [4.69, 9.17) is 0 Å². The fourth-order valence-electron chi connectivity index (χ4n) is 1.59. The third-order valence-corrected chi connectivity index (χ3v) is 5.29. The Bertz CT molecular complexity index is 569. The van der Waals surface area contributed by atoms with Gasteiger partial charge >= 0.3 is 0 Å². The summed E-state index contributed by atoms with van der Waals surface area (Å²) in [5.41, 5.74) is 0.864. The molecule has 19 heavy (non-hydrogen) atoms. The molecule has 98 valence electrons. The molecule has 1 unspecified atom stereocenters. The number of aliphatic hydroxyl groups is 1. The van der Waals surface area contributed by atoms with Crippen molar-refractivity contribution >= 4 is 43.6 Å². The quantitative estimate of drug-likeness (QED) is 0.732. The smallest absolute Gasteiger partial charge is 0.111 e. The second-order valence-electron chi connectivity index (χ2n) is 3.88. The second-order valence-corrected chi connectivity index (χ2v) is 6.40. The molecule has 0 amide bonds. The predicted octanol–water partition coefficient (Wildman–Crippen LogP) is 5.50. The molecule has 2 aromatic rings. The molecule has 0 saturated carbocycles. The van der Waals surface area contributed by atoms with Gasteiger partial charge in [0.2, 0.25) is 0 Å². The van der Waals surface area contributed by atoms with Crippen LogP contribution in [0.15, 0.2) is 73.9 Å². The van der Waals surface area contributed by atoms with Gasteiger partial charge in [-0.05, 0) is 34.8 Å². The van der Waals surface area contributed by atoms with Crippen LogP contribution >= 0.6 is 43.6 Å². The van der Waals surface area contributed by atoms with E-state index in [1.165, 1.54) is 4.90 Å². The molecular formula is C15H12Br2OS. The van der Waals surface area contributed by atoms with E-state index in [9.17, 15) is 5.11 Å². The molecule has 2 aromatic carbocycles. The van der Waals surface area contributed by atoms with E-state index in [1.54, 1.807) is 16.7 Å². The van der Waals surface area contributed by atoms with E-state index in [-0.39, 0.29) is 0 Å². The van der Waals surface area contributed by atoms with E-state index in [2.05, 4.69) is 44.0 Å². The lowest BCUT2D eigenvalue weighted by Crippen LogP contribution is -1.96. The summed E-state index contributed by atoms with van der Waals surface area (Å²) >= 11 is 8.22. The van der Waals surface area contributed by atoms with Gasteiger partial charge in [0.15, 0.2) is 0 Å². The molecule has 0 aromatic heterocycles. The lowest BCUT2D eigenvalue weighted by Gasteiger charge is -2.11. The average molecular weight is 400 g/mol. The highest BCUT2D eigenvalue weighted by Gasteiger charge is 2.11. The zero-order chi connectivity index (χ0) is 13.7. The summed E-state index contributed by atoms with van der Waals surface area (Å²) in [6.07, 6.45) is -0.643. The van der Waals surface area contributed by atoms with E-state index >= 15 is 0 Å². The van der Waals surface area contributed by atoms with Crippen LogP contribution in [0.2, 0.25) is 0 Å². The Labute approximate surface area is 134 Å². The molecule has 1 N–H and O–H groups in total. The predicted molar refractivity (Wildman–Crippen MR) is 87.9 cm³/mol. The molecule has 0 spiro atoms. The largest absolute Gasteiger partial charge is 0.383 e. The van der Waals surface area contributed by atoms with Crippen LogP contribution in [-0.2, 0) is 0 Å². The summed E-state index contributed by atoms with van der Waals surface area (Å²) in [6, 6.07) is 18.1. The second kappa shape index (κ2) is 7.29. The summed E-state index contributed by atoms with van der Waals surface area (Å²) in [5.74, 6) is 0. The number of aliphatic hydroxyl groups excluding tert-OH is 1. The molecule has 0 aliphatic rings. The Balaban J connectivity index is 2.20. The van der Waals surface area contributed by atoms with Gasteiger partial charge in [-0.15, -0.1) is 0 Å². The minimum absolute atomic E-state index is 0.643. The summed E-state index contributed by atoms with van der Waals surface area (Å²) in [5, 5.41) is 10.1. The molecule has 1 nitrogen and oxygen atoms in total. The van der Waals surface area contributed by atoms with Gasteiger partial charge < -0.3 is 5.11 Å². The van der Waals surface area contributed by atoms with E-state index < -0.39 is 6.10 Å². The zero-order valence-electron chi connectivity index (χ0n) is 9.96. The number of hydrogen-bond donors (Lipinski definition) is 1. The highest BCUT2D eigenvalue weighted by Crippen LogP contribution is 2.32. The van der Waals surface area contributed by atoms with Crippen LogP contribution in [0.5, 0.6) is 0 Å². The molecule has 0 radical (unpaired) electrons.